The highest BCUT2D eigenvalue weighted by molar-refractivity contribution is 5.96. The lowest BCUT2D eigenvalue weighted by atomic mass is 9.72. The summed E-state index contributed by atoms with van der Waals surface area (Å²) in [5.41, 5.74) is 3.19. The molecular weight excluding hydrogens is 549 g/mol. The number of alkyl halides is 3. The number of aliphatic hydroxyl groups excluding tert-OH is 1. The number of rotatable bonds is 6. The molecule has 2 saturated heterocycles. The number of methoxy groups -OCH3 is 1. The third-order valence-corrected chi connectivity index (χ3v) is 8.60. The van der Waals surface area contributed by atoms with E-state index in [1.54, 1.807) is 49.0 Å². The largest absolute Gasteiger partial charge is 0.496 e. The monoisotopic (exact) mass is 586 g/mol. The molecule has 0 spiro atoms. The number of aryl methyl sites for hydroxylation is 1. The van der Waals surface area contributed by atoms with Gasteiger partial charge in [-0.15, -0.1) is 0 Å². The minimum Gasteiger partial charge on any atom is -0.496 e. The van der Waals surface area contributed by atoms with E-state index in [0.717, 1.165) is 35.3 Å². The standard InChI is InChI=1S/C32H37F3N2O5/c1-18-10-21(12-23(11-18)32(33,34)35)28-19(2)37(30(40)42-28)15-22-14-31(3,4)9-8-25(22)26-13-20(6-7-27(26)41-5)29(39)36-16-24(38)17-36/h6-7,10-13,19,24,28,38H,8-9,14-17H2,1-5H3/t19-,28-/m0/s1. The highest BCUT2D eigenvalue weighted by atomic mass is 19.4. The molecule has 2 aromatic carbocycles. The Kier molecular flexibility index (Phi) is 7.81. The van der Waals surface area contributed by atoms with Crippen molar-refractivity contribution in [2.45, 2.75) is 71.4 Å². The number of amides is 2. The highest BCUT2D eigenvalue weighted by Gasteiger charge is 2.42. The fourth-order valence-electron chi connectivity index (χ4n) is 6.28. The van der Waals surface area contributed by atoms with E-state index in [2.05, 4.69) is 13.8 Å². The minimum atomic E-state index is -4.51. The number of ether oxygens (including phenoxy) is 2. The molecule has 0 saturated carbocycles. The number of halogens is 3. The SMILES string of the molecule is COc1ccc(C(=O)N2CC(O)C2)cc1C1=C(CN2C(=O)O[C@H](c3cc(C)cc(C(F)(F)F)c3)[C@@H]2C)CC(C)(C)CC1. The summed E-state index contributed by atoms with van der Waals surface area (Å²) < 4.78 is 52.0. The number of benzene rings is 2. The molecule has 2 fully saturated rings. The van der Waals surface area contributed by atoms with Crippen molar-refractivity contribution < 1.29 is 37.3 Å². The quantitative estimate of drug-likeness (QED) is 0.425. The van der Waals surface area contributed by atoms with Crippen LogP contribution in [0.15, 0.2) is 42.0 Å². The number of allylic oxidation sites excluding steroid dienone is 1. The van der Waals surface area contributed by atoms with E-state index in [0.29, 0.717) is 48.4 Å². The topological polar surface area (TPSA) is 79.3 Å². The van der Waals surface area contributed by atoms with Gasteiger partial charge in [0.2, 0.25) is 0 Å². The van der Waals surface area contributed by atoms with Crippen LogP contribution in [-0.2, 0) is 10.9 Å². The third-order valence-electron chi connectivity index (χ3n) is 8.60. The molecule has 0 bridgehead atoms. The summed E-state index contributed by atoms with van der Waals surface area (Å²) >= 11 is 0. The van der Waals surface area contributed by atoms with Crippen LogP contribution in [0.25, 0.3) is 5.57 Å². The first-order valence-electron chi connectivity index (χ1n) is 14.2. The summed E-state index contributed by atoms with van der Waals surface area (Å²) in [6.07, 6.45) is -4.17. The van der Waals surface area contributed by atoms with Gasteiger partial charge >= 0.3 is 12.3 Å². The molecule has 0 unspecified atom stereocenters. The Hall–Kier alpha value is -3.53. The molecule has 10 heteroatoms. The molecule has 0 aromatic heterocycles. The lowest BCUT2D eigenvalue weighted by Gasteiger charge is -2.37. The van der Waals surface area contributed by atoms with Crippen LogP contribution >= 0.6 is 0 Å². The van der Waals surface area contributed by atoms with Crippen LogP contribution < -0.4 is 4.74 Å². The lowest BCUT2D eigenvalue weighted by molar-refractivity contribution is -0.137. The molecule has 226 valence electrons. The van der Waals surface area contributed by atoms with E-state index >= 15 is 0 Å². The first kappa shape index (κ1) is 29.9. The van der Waals surface area contributed by atoms with E-state index in [1.807, 2.05) is 6.07 Å². The van der Waals surface area contributed by atoms with Crippen molar-refractivity contribution in [3.8, 4) is 5.75 Å². The van der Waals surface area contributed by atoms with Crippen molar-refractivity contribution >= 4 is 17.6 Å². The molecule has 7 nitrogen and oxygen atoms in total. The van der Waals surface area contributed by atoms with Crippen LogP contribution in [0.2, 0.25) is 0 Å². The molecule has 2 amide bonds. The van der Waals surface area contributed by atoms with Gasteiger partial charge in [-0.2, -0.15) is 13.2 Å². The molecule has 2 atom stereocenters. The zero-order valence-corrected chi connectivity index (χ0v) is 24.5. The summed E-state index contributed by atoms with van der Waals surface area (Å²) in [4.78, 5) is 29.4. The van der Waals surface area contributed by atoms with Gasteiger partial charge in [0.15, 0.2) is 0 Å². The average Bonchev–Trinajstić information content (AvgIpc) is 3.18. The fraction of sp³-hybridized carbons (Fsp3) is 0.500. The van der Waals surface area contributed by atoms with Crippen LogP contribution in [0.4, 0.5) is 18.0 Å². The Morgan fingerprint density at radius 1 is 1.17 bits per heavy atom. The van der Waals surface area contributed by atoms with Crippen LogP contribution in [-0.4, -0.2) is 65.8 Å². The molecular formula is C32H37F3N2O5. The van der Waals surface area contributed by atoms with Crippen LogP contribution in [0.5, 0.6) is 5.75 Å². The van der Waals surface area contributed by atoms with Gasteiger partial charge in [0, 0.05) is 30.8 Å². The molecule has 3 aliphatic rings. The second-order valence-electron chi connectivity index (χ2n) is 12.5. The Balaban J connectivity index is 1.49. The lowest BCUT2D eigenvalue weighted by Crippen LogP contribution is -2.53. The molecule has 42 heavy (non-hydrogen) atoms. The molecule has 1 aliphatic carbocycles. The van der Waals surface area contributed by atoms with Gasteiger partial charge in [0.1, 0.15) is 11.9 Å². The highest BCUT2D eigenvalue weighted by Crippen LogP contribution is 2.46. The first-order valence-corrected chi connectivity index (χ1v) is 14.2. The minimum absolute atomic E-state index is 0.0440. The Bertz CT molecular complexity index is 1430. The second kappa shape index (κ2) is 10.9. The maximum Gasteiger partial charge on any atom is 0.416 e. The maximum absolute atomic E-state index is 13.5. The van der Waals surface area contributed by atoms with E-state index in [4.69, 9.17) is 9.47 Å². The molecule has 2 aromatic rings. The summed E-state index contributed by atoms with van der Waals surface area (Å²) in [5.74, 6) is 0.440. The molecule has 5 rings (SSSR count). The number of aliphatic hydroxyl groups is 1. The second-order valence-corrected chi connectivity index (χ2v) is 12.5. The Labute approximate surface area is 243 Å². The Morgan fingerprint density at radius 3 is 2.52 bits per heavy atom. The molecule has 1 N–H and O–H groups in total. The number of nitrogens with zero attached hydrogens (tertiary/aromatic N) is 2. The number of cyclic esters (lactones) is 1. The van der Waals surface area contributed by atoms with Crippen LogP contribution in [0.3, 0.4) is 0 Å². The van der Waals surface area contributed by atoms with E-state index < -0.39 is 36.1 Å². The number of carbonyl (C=O) groups is 2. The number of likely N-dealkylation sites (tertiary alicyclic amines) is 1. The number of hydrogen-bond donors (Lipinski definition) is 1. The van der Waals surface area contributed by atoms with Crippen molar-refractivity contribution in [3.63, 3.8) is 0 Å². The van der Waals surface area contributed by atoms with Gasteiger partial charge in [-0.05, 0) is 85.6 Å². The predicted octanol–water partition coefficient (Wildman–Crippen LogP) is 6.38. The van der Waals surface area contributed by atoms with Crippen molar-refractivity contribution in [2.75, 3.05) is 26.7 Å². The summed E-state index contributed by atoms with van der Waals surface area (Å²) in [7, 11) is 1.57. The smallest absolute Gasteiger partial charge is 0.416 e. The molecule has 2 aliphatic heterocycles. The van der Waals surface area contributed by atoms with Gasteiger partial charge in [0.05, 0.1) is 24.8 Å². The van der Waals surface area contributed by atoms with Crippen LogP contribution in [0, 0.1) is 12.3 Å². The molecule has 2 heterocycles. The Morgan fingerprint density at radius 2 is 1.88 bits per heavy atom. The van der Waals surface area contributed by atoms with E-state index in [9.17, 15) is 27.9 Å². The summed E-state index contributed by atoms with van der Waals surface area (Å²) in [6, 6.07) is 8.56. The fourth-order valence-corrected chi connectivity index (χ4v) is 6.28. The van der Waals surface area contributed by atoms with Gasteiger partial charge < -0.3 is 19.5 Å². The predicted molar refractivity (Wildman–Crippen MR) is 151 cm³/mol. The number of hydrogen-bond acceptors (Lipinski definition) is 5. The average molecular weight is 587 g/mol. The van der Waals surface area contributed by atoms with Crippen LogP contribution in [0.1, 0.15) is 78.7 Å². The van der Waals surface area contributed by atoms with Crippen molar-refractivity contribution in [1.82, 2.24) is 9.80 Å². The van der Waals surface area contributed by atoms with Gasteiger partial charge in [-0.25, -0.2) is 4.79 Å². The normalized spacial score (nSPS) is 22.7. The summed E-state index contributed by atoms with van der Waals surface area (Å²) in [6.45, 7) is 8.54. The molecule has 0 radical (unpaired) electrons. The van der Waals surface area contributed by atoms with Crippen molar-refractivity contribution in [2.24, 2.45) is 5.41 Å². The van der Waals surface area contributed by atoms with E-state index in [-0.39, 0.29) is 17.9 Å². The van der Waals surface area contributed by atoms with Gasteiger partial charge in [0.25, 0.3) is 5.91 Å². The number of β-amino-alcohol motifs (C(OH)–C–C–N with tert-alkyl or cyclic N) is 1. The first-order chi connectivity index (χ1) is 19.7. The van der Waals surface area contributed by atoms with Crippen molar-refractivity contribution in [3.05, 3.63) is 69.8 Å². The van der Waals surface area contributed by atoms with Gasteiger partial charge in [-0.3, -0.25) is 9.69 Å². The zero-order chi connectivity index (χ0) is 30.6. The van der Waals surface area contributed by atoms with E-state index in [1.165, 1.54) is 0 Å². The van der Waals surface area contributed by atoms with Gasteiger partial charge in [-0.1, -0.05) is 25.5 Å². The third kappa shape index (κ3) is 5.86. The number of carbonyl (C=O) groups excluding carboxylic acids is 2. The van der Waals surface area contributed by atoms with Crippen molar-refractivity contribution in [1.29, 1.82) is 0 Å². The maximum atomic E-state index is 13.5. The zero-order valence-electron chi connectivity index (χ0n) is 24.5. The summed E-state index contributed by atoms with van der Waals surface area (Å²) in [5, 5.41) is 9.66.